The van der Waals surface area contributed by atoms with Crippen molar-refractivity contribution in [3.05, 3.63) is 51.2 Å². The van der Waals surface area contributed by atoms with Crippen LogP contribution in [0.1, 0.15) is 50.7 Å². The number of hydrogen-bond donors (Lipinski definition) is 1. The Kier molecular flexibility index (Phi) is 6.47. The van der Waals surface area contributed by atoms with Crippen molar-refractivity contribution >= 4 is 34.7 Å². The summed E-state index contributed by atoms with van der Waals surface area (Å²) < 4.78 is 5.08. The van der Waals surface area contributed by atoms with Gasteiger partial charge in [-0.2, -0.15) is 0 Å². The van der Waals surface area contributed by atoms with Crippen LogP contribution in [0.4, 0.5) is 5.69 Å². The molecule has 25 heavy (non-hydrogen) atoms. The van der Waals surface area contributed by atoms with E-state index in [1.807, 2.05) is 13.0 Å². The van der Waals surface area contributed by atoms with Crippen molar-refractivity contribution in [1.29, 1.82) is 0 Å². The third-order valence-electron chi connectivity index (χ3n) is 3.65. The molecule has 0 bridgehead atoms. The molecule has 6 heteroatoms. The number of carbonyl (C=O) groups excluding carboxylic acids is 3. The van der Waals surface area contributed by atoms with Gasteiger partial charge in [0.1, 0.15) is 4.88 Å². The summed E-state index contributed by atoms with van der Waals surface area (Å²) in [4.78, 5) is 36.8. The first kappa shape index (κ1) is 18.9. The van der Waals surface area contributed by atoms with Gasteiger partial charge in [-0.05, 0) is 56.2 Å². The standard InChI is InChI=1S/C19H21NO4S/c1-4-5-15-10-17(25-13(15)3)19(23)24-11-18(22)20-16-8-6-14(7-9-16)12(2)21/h6-10H,4-5,11H2,1-3H3,(H,20,22). The van der Waals surface area contributed by atoms with Crippen LogP contribution in [0, 0.1) is 6.92 Å². The van der Waals surface area contributed by atoms with Gasteiger partial charge in [-0.3, -0.25) is 9.59 Å². The van der Waals surface area contributed by atoms with Gasteiger partial charge in [0.25, 0.3) is 5.91 Å². The highest BCUT2D eigenvalue weighted by molar-refractivity contribution is 7.14. The van der Waals surface area contributed by atoms with Gasteiger partial charge < -0.3 is 10.1 Å². The zero-order valence-corrected chi connectivity index (χ0v) is 15.4. The Morgan fingerprint density at radius 2 is 1.84 bits per heavy atom. The van der Waals surface area contributed by atoms with E-state index in [0.29, 0.717) is 16.1 Å². The van der Waals surface area contributed by atoms with E-state index in [2.05, 4.69) is 12.2 Å². The first-order chi connectivity index (χ1) is 11.9. The van der Waals surface area contributed by atoms with Gasteiger partial charge in [-0.1, -0.05) is 13.3 Å². The molecule has 0 saturated carbocycles. The number of amides is 1. The van der Waals surface area contributed by atoms with Crippen LogP contribution in [0.3, 0.4) is 0 Å². The number of thiophene rings is 1. The van der Waals surface area contributed by atoms with Gasteiger partial charge in [0.15, 0.2) is 12.4 Å². The highest BCUT2D eigenvalue weighted by Gasteiger charge is 2.15. The lowest BCUT2D eigenvalue weighted by molar-refractivity contribution is -0.119. The quantitative estimate of drug-likeness (QED) is 0.599. The molecule has 0 atom stereocenters. The van der Waals surface area contributed by atoms with Crippen LogP contribution >= 0.6 is 11.3 Å². The fraction of sp³-hybridized carbons (Fsp3) is 0.316. The van der Waals surface area contributed by atoms with E-state index in [9.17, 15) is 14.4 Å². The summed E-state index contributed by atoms with van der Waals surface area (Å²) >= 11 is 1.38. The third-order valence-corrected chi connectivity index (χ3v) is 4.72. The minimum absolute atomic E-state index is 0.0412. The molecule has 1 heterocycles. The van der Waals surface area contributed by atoms with E-state index in [-0.39, 0.29) is 12.4 Å². The topological polar surface area (TPSA) is 72.5 Å². The number of ketones is 1. The van der Waals surface area contributed by atoms with Crippen LogP contribution in [0.25, 0.3) is 0 Å². The van der Waals surface area contributed by atoms with Crippen LogP contribution in [-0.2, 0) is 16.0 Å². The van der Waals surface area contributed by atoms with Gasteiger partial charge in [0, 0.05) is 16.1 Å². The molecule has 2 aromatic rings. The largest absolute Gasteiger partial charge is 0.451 e. The van der Waals surface area contributed by atoms with Crippen molar-refractivity contribution in [2.75, 3.05) is 11.9 Å². The maximum Gasteiger partial charge on any atom is 0.348 e. The second-order valence-corrected chi connectivity index (χ2v) is 6.96. The van der Waals surface area contributed by atoms with E-state index in [1.165, 1.54) is 18.3 Å². The van der Waals surface area contributed by atoms with Crippen LogP contribution < -0.4 is 5.32 Å². The molecule has 0 aliphatic rings. The summed E-state index contributed by atoms with van der Waals surface area (Å²) in [6.45, 7) is 5.19. The first-order valence-electron chi connectivity index (χ1n) is 8.08. The van der Waals surface area contributed by atoms with E-state index in [0.717, 1.165) is 23.3 Å². The van der Waals surface area contributed by atoms with Gasteiger partial charge in [0.05, 0.1) is 0 Å². The predicted octanol–water partition coefficient (Wildman–Crippen LogP) is 4.01. The molecule has 1 aromatic carbocycles. The molecule has 0 unspecified atom stereocenters. The molecule has 132 valence electrons. The third kappa shape index (κ3) is 5.26. The summed E-state index contributed by atoms with van der Waals surface area (Å²) in [6.07, 6.45) is 1.93. The Morgan fingerprint density at radius 3 is 2.44 bits per heavy atom. The van der Waals surface area contributed by atoms with Gasteiger partial charge in [-0.15, -0.1) is 11.3 Å². The highest BCUT2D eigenvalue weighted by Crippen LogP contribution is 2.23. The average molecular weight is 359 g/mol. The Morgan fingerprint density at radius 1 is 1.16 bits per heavy atom. The number of aryl methyl sites for hydroxylation is 2. The summed E-state index contributed by atoms with van der Waals surface area (Å²) in [6, 6.07) is 8.37. The molecule has 0 aliphatic carbocycles. The number of esters is 1. The molecule has 1 N–H and O–H groups in total. The van der Waals surface area contributed by atoms with Crippen molar-refractivity contribution in [2.45, 2.75) is 33.6 Å². The minimum Gasteiger partial charge on any atom is -0.451 e. The molecule has 2 rings (SSSR count). The van der Waals surface area contributed by atoms with Gasteiger partial charge >= 0.3 is 5.97 Å². The number of Topliss-reactive ketones (excluding diaryl/α,β-unsaturated/α-hetero) is 1. The monoisotopic (exact) mass is 359 g/mol. The van der Waals surface area contributed by atoms with E-state index >= 15 is 0 Å². The molecular weight excluding hydrogens is 338 g/mol. The second-order valence-electron chi connectivity index (χ2n) is 5.70. The summed E-state index contributed by atoms with van der Waals surface area (Å²) in [7, 11) is 0. The molecule has 0 saturated heterocycles. The molecule has 5 nitrogen and oxygen atoms in total. The Hall–Kier alpha value is -2.47. The Labute approximate surface area is 151 Å². The highest BCUT2D eigenvalue weighted by atomic mass is 32.1. The zero-order chi connectivity index (χ0) is 18.4. The fourth-order valence-corrected chi connectivity index (χ4v) is 3.29. The van der Waals surface area contributed by atoms with E-state index < -0.39 is 11.9 Å². The lowest BCUT2D eigenvalue weighted by atomic mass is 10.1. The molecule has 0 spiro atoms. The summed E-state index contributed by atoms with van der Waals surface area (Å²) in [5, 5.41) is 2.63. The molecule has 1 aromatic heterocycles. The smallest absolute Gasteiger partial charge is 0.348 e. The summed E-state index contributed by atoms with van der Waals surface area (Å²) in [5.41, 5.74) is 2.26. The zero-order valence-electron chi connectivity index (χ0n) is 14.5. The number of nitrogens with one attached hydrogen (secondary N) is 1. The molecule has 0 fully saturated rings. The number of benzene rings is 1. The number of anilines is 1. The van der Waals surface area contributed by atoms with Crippen LogP contribution in [0.2, 0.25) is 0 Å². The van der Waals surface area contributed by atoms with E-state index in [1.54, 1.807) is 24.3 Å². The van der Waals surface area contributed by atoms with Crippen LogP contribution in [0.5, 0.6) is 0 Å². The predicted molar refractivity (Wildman–Crippen MR) is 98.4 cm³/mol. The van der Waals surface area contributed by atoms with Crippen molar-refractivity contribution in [2.24, 2.45) is 0 Å². The minimum atomic E-state index is -0.488. The molecular formula is C19H21NO4S. The second kappa shape index (κ2) is 8.58. The lowest BCUT2D eigenvalue weighted by Gasteiger charge is -2.06. The van der Waals surface area contributed by atoms with Gasteiger partial charge in [-0.25, -0.2) is 4.79 Å². The fourth-order valence-electron chi connectivity index (χ4n) is 2.33. The molecule has 1 amide bonds. The average Bonchev–Trinajstić information content (AvgIpc) is 2.94. The number of carbonyl (C=O) groups is 3. The molecule has 0 radical (unpaired) electrons. The van der Waals surface area contributed by atoms with Gasteiger partial charge in [0.2, 0.25) is 0 Å². The number of hydrogen-bond acceptors (Lipinski definition) is 5. The van der Waals surface area contributed by atoms with Crippen LogP contribution in [-0.4, -0.2) is 24.3 Å². The van der Waals surface area contributed by atoms with Crippen molar-refractivity contribution < 1.29 is 19.1 Å². The Bertz CT molecular complexity index is 777. The normalized spacial score (nSPS) is 10.4. The SMILES string of the molecule is CCCc1cc(C(=O)OCC(=O)Nc2ccc(C(C)=O)cc2)sc1C. The number of rotatable bonds is 7. The summed E-state index contributed by atoms with van der Waals surface area (Å²) in [5.74, 6) is -0.955. The first-order valence-corrected chi connectivity index (χ1v) is 8.89. The molecule has 0 aliphatic heterocycles. The van der Waals surface area contributed by atoms with Crippen molar-refractivity contribution in [3.63, 3.8) is 0 Å². The van der Waals surface area contributed by atoms with Crippen molar-refractivity contribution in [3.8, 4) is 0 Å². The number of ether oxygens (including phenoxy) is 1. The maximum absolute atomic E-state index is 12.1. The van der Waals surface area contributed by atoms with Crippen molar-refractivity contribution in [1.82, 2.24) is 0 Å². The maximum atomic E-state index is 12.1. The van der Waals surface area contributed by atoms with E-state index in [4.69, 9.17) is 4.74 Å². The Balaban J connectivity index is 1.87. The lowest BCUT2D eigenvalue weighted by Crippen LogP contribution is -2.20. The van der Waals surface area contributed by atoms with Crippen LogP contribution in [0.15, 0.2) is 30.3 Å².